The molecule has 1 fully saturated rings. The van der Waals surface area contributed by atoms with Gasteiger partial charge < -0.3 is 10.6 Å². The Morgan fingerprint density at radius 2 is 2.05 bits per heavy atom. The highest BCUT2D eigenvalue weighted by atomic mass is 16.1. The number of hydrogen-bond donors (Lipinski definition) is 2. The van der Waals surface area contributed by atoms with Crippen molar-refractivity contribution in [2.75, 3.05) is 11.9 Å². The van der Waals surface area contributed by atoms with E-state index in [0.717, 1.165) is 43.7 Å². The van der Waals surface area contributed by atoms with Gasteiger partial charge in [0.15, 0.2) is 0 Å². The highest BCUT2D eigenvalue weighted by Gasteiger charge is 2.20. The van der Waals surface area contributed by atoms with Gasteiger partial charge in [-0.25, -0.2) is 0 Å². The maximum Gasteiger partial charge on any atom is 0.251 e. The summed E-state index contributed by atoms with van der Waals surface area (Å²) in [6, 6.07) is 6.42. The summed E-state index contributed by atoms with van der Waals surface area (Å²) >= 11 is 0. The summed E-state index contributed by atoms with van der Waals surface area (Å²) in [4.78, 5) is 12.3. The molecule has 3 nitrogen and oxygen atoms in total. The Morgan fingerprint density at radius 3 is 2.85 bits per heavy atom. The molecule has 20 heavy (non-hydrogen) atoms. The minimum absolute atomic E-state index is 0.0953. The molecule has 1 heterocycles. The molecule has 3 heteroatoms. The van der Waals surface area contributed by atoms with Crippen molar-refractivity contribution >= 4 is 11.6 Å². The van der Waals surface area contributed by atoms with Crippen LogP contribution < -0.4 is 10.6 Å². The molecule has 1 aliphatic heterocycles. The highest BCUT2D eigenvalue weighted by molar-refractivity contribution is 5.95. The Kier molecular flexibility index (Phi) is 3.95. The Hall–Kier alpha value is -1.51. The molecule has 0 bridgehead atoms. The summed E-state index contributed by atoms with van der Waals surface area (Å²) in [6.07, 6.45) is 6.94. The average molecular weight is 272 g/mol. The molecular formula is C17H24N2O. The van der Waals surface area contributed by atoms with Gasteiger partial charge in [0.2, 0.25) is 0 Å². The lowest BCUT2D eigenvalue weighted by atomic mass is 9.87. The van der Waals surface area contributed by atoms with Crippen molar-refractivity contribution in [2.24, 2.45) is 5.92 Å². The number of anilines is 1. The van der Waals surface area contributed by atoms with E-state index >= 15 is 0 Å². The fraction of sp³-hybridized carbons (Fsp3) is 0.588. The molecule has 1 amide bonds. The first-order valence-corrected chi connectivity index (χ1v) is 7.90. The van der Waals surface area contributed by atoms with Crippen molar-refractivity contribution in [3.05, 3.63) is 29.3 Å². The van der Waals surface area contributed by atoms with Crippen molar-refractivity contribution in [1.29, 1.82) is 0 Å². The normalized spacial score (nSPS) is 25.4. The molecular weight excluding hydrogens is 248 g/mol. The molecule has 0 atom stereocenters. The third kappa shape index (κ3) is 2.97. The number of carbonyl (C=O) groups excluding carboxylic acids is 1. The Morgan fingerprint density at radius 1 is 1.25 bits per heavy atom. The zero-order valence-electron chi connectivity index (χ0n) is 12.2. The molecule has 2 N–H and O–H groups in total. The third-order valence-corrected chi connectivity index (χ3v) is 4.66. The van der Waals surface area contributed by atoms with Crippen LogP contribution in [0.5, 0.6) is 0 Å². The van der Waals surface area contributed by atoms with Crippen LogP contribution in [0, 0.1) is 5.92 Å². The molecule has 1 aliphatic carbocycles. The first-order valence-electron chi connectivity index (χ1n) is 7.90. The van der Waals surface area contributed by atoms with Crippen molar-refractivity contribution < 1.29 is 4.79 Å². The Bertz CT molecular complexity index is 490. The van der Waals surface area contributed by atoms with Crippen LogP contribution in [0.15, 0.2) is 18.2 Å². The second-order valence-corrected chi connectivity index (χ2v) is 6.33. The van der Waals surface area contributed by atoms with Crippen LogP contribution in [0.2, 0.25) is 0 Å². The van der Waals surface area contributed by atoms with Gasteiger partial charge in [0.25, 0.3) is 5.91 Å². The fourth-order valence-electron chi connectivity index (χ4n) is 3.29. The van der Waals surface area contributed by atoms with E-state index in [9.17, 15) is 4.79 Å². The van der Waals surface area contributed by atoms with Crippen LogP contribution in [-0.2, 0) is 6.42 Å². The lowest BCUT2D eigenvalue weighted by Gasteiger charge is -2.27. The molecule has 1 saturated carbocycles. The number of carbonyl (C=O) groups is 1. The predicted molar refractivity (Wildman–Crippen MR) is 82.1 cm³/mol. The number of nitrogens with one attached hydrogen (secondary N) is 2. The van der Waals surface area contributed by atoms with E-state index in [1.54, 1.807) is 0 Å². The summed E-state index contributed by atoms with van der Waals surface area (Å²) in [5.74, 6) is 0.913. The smallest absolute Gasteiger partial charge is 0.251 e. The lowest BCUT2D eigenvalue weighted by molar-refractivity contribution is 0.0923. The van der Waals surface area contributed by atoms with E-state index in [1.807, 2.05) is 12.1 Å². The van der Waals surface area contributed by atoms with Crippen LogP contribution in [-0.4, -0.2) is 18.5 Å². The number of fused-ring (bicyclic) bond motifs is 1. The summed E-state index contributed by atoms with van der Waals surface area (Å²) in [5, 5.41) is 6.59. The topological polar surface area (TPSA) is 41.1 Å². The Labute approximate surface area is 121 Å². The van der Waals surface area contributed by atoms with Crippen molar-refractivity contribution in [3.8, 4) is 0 Å². The Balaban J connectivity index is 1.65. The van der Waals surface area contributed by atoms with E-state index < -0.39 is 0 Å². The number of benzene rings is 1. The number of amides is 1. The molecule has 2 aliphatic rings. The zero-order chi connectivity index (χ0) is 13.9. The quantitative estimate of drug-likeness (QED) is 0.867. The number of aryl methyl sites for hydroxylation is 1. The zero-order valence-corrected chi connectivity index (χ0v) is 12.2. The molecule has 0 unspecified atom stereocenters. The van der Waals surface area contributed by atoms with E-state index in [0.29, 0.717) is 6.04 Å². The summed E-state index contributed by atoms with van der Waals surface area (Å²) in [5.41, 5.74) is 3.28. The van der Waals surface area contributed by atoms with Crippen LogP contribution >= 0.6 is 0 Å². The molecule has 0 spiro atoms. The van der Waals surface area contributed by atoms with Crippen LogP contribution in [0.3, 0.4) is 0 Å². The molecule has 108 valence electrons. The van der Waals surface area contributed by atoms with Gasteiger partial charge in [0, 0.05) is 23.8 Å². The maximum absolute atomic E-state index is 12.3. The second-order valence-electron chi connectivity index (χ2n) is 6.33. The fourth-order valence-corrected chi connectivity index (χ4v) is 3.29. The van der Waals surface area contributed by atoms with Gasteiger partial charge in [-0.3, -0.25) is 4.79 Å². The van der Waals surface area contributed by atoms with Gasteiger partial charge in [-0.05, 0) is 68.2 Å². The van der Waals surface area contributed by atoms with Crippen molar-refractivity contribution in [1.82, 2.24) is 5.32 Å². The SMILES string of the molecule is CC1CCC(NC(=O)c2ccc3c(c2)CCCN3)CC1. The minimum atomic E-state index is 0.0953. The molecule has 1 aromatic carbocycles. The molecule has 1 aromatic rings. The molecule has 3 rings (SSSR count). The number of rotatable bonds is 2. The minimum Gasteiger partial charge on any atom is -0.385 e. The van der Waals surface area contributed by atoms with Gasteiger partial charge in [0.1, 0.15) is 0 Å². The van der Waals surface area contributed by atoms with E-state index in [-0.39, 0.29) is 5.91 Å². The van der Waals surface area contributed by atoms with Crippen LogP contribution in [0.4, 0.5) is 5.69 Å². The van der Waals surface area contributed by atoms with Gasteiger partial charge in [-0.15, -0.1) is 0 Å². The largest absolute Gasteiger partial charge is 0.385 e. The first-order chi connectivity index (χ1) is 9.72. The van der Waals surface area contributed by atoms with Crippen molar-refractivity contribution in [2.45, 2.75) is 51.5 Å². The van der Waals surface area contributed by atoms with Gasteiger partial charge in [0.05, 0.1) is 0 Å². The predicted octanol–water partition coefficient (Wildman–Crippen LogP) is 3.35. The van der Waals surface area contributed by atoms with Gasteiger partial charge >= 0.3 is 0 Å². The first kappa shape index (κ1) is 13.5. The summed E-state index contributed by atoms with van der Waals surface area (Å²) in [7, 11) is 0. The standard InChI is InChI=1S/C17H24N2O/c1-12-4-7-15(8-5-12)19-17(20)14-6-9-16-13(11-14)3-2-10-18-16/h6,9,11-12,15,18H,2-5,7-8,10H2,1H3,(H,19,20). The highest BCUT2D eigenvalue weighted by Crippen LogP contribution is 2.25. The molecule has 0 aromatic heterocycles. The summed E-state index contributed by atoms with van der Waals surface area (Å²) < 4.78 is 0. The van der Waals surface area contributed by atoms with Crippen LogP contribution in [0.1, 0.15) is 54.9 Å². The van der Waals surface area contributed by atoms with Crippen LogP contribution in [0.25, 0.3) is 0 Å². The average Bonchev–Trinajstić information content (AvgIpc) is 2.49. The van der Waals surface area contributed by atoms with E-state index in [1.165, 1.54) is 24.1 Å². The monoisotopic (exact) mass is 272 g/mol. The number of hydrogen-bond acceptors (Lipinski definition) is 2. The second kappa shape index (κ2) is 5.86. The molecule has 0 saturated heterocycles. The lowest BCUT2D eigenvalue weighted by Crippen LogP contribution is -2.37. The summed E-state index contributed by atoms with van der Waals surface area (Å²) in [6.45, 7) is 3.34. The van der Waals surface area contributed by atoms with Crippen molar-refractivity contribution in [3.63, 3.8) is 0 Å². The van der Waals surface area contributed by atoms with Gasteiger partial charge in [-0.1, -0.05) is 6.92 Å². The third-order valence-electron chi connectivity index (χ3n) is 4.66. The molecule has 0 radical (unpaired) electrons. The van der Waals surface area contributed by atoms with E-state index in [4.69, 9.17) is 0 Å². The van der Waals surface area contributed by atoms with E-state index in [2.05, 4.69) is 23.6 Å². The maximum atomic E-state index is 12.3. The van der Waals surface area contributed by atoms with Gasteiger partial charge in [-0.2, -0.15) is 0 Å².